The van der Waals surface area contributed by atoms with E-state index in [1.807, 2.05) is 54.6 Å². The van der Waals surface area contributed by atoms with Gasteiger partial charge in [-0.1, -0.05) is 30.3 Å². The van der Waals surface area contributed by atoms with Gasteiger partial charge in [0.25, 0.3) is 5.91 Å². The van der Waals surface area contributed by atoms with Gasteiger partial charge in [0.15, 0.2) is 0 Å². The van der Waals surface area contributed by atoms with E-state index in [0.29, 0.717) is 18.5 Å². The molecule has 0 radical (unpaired) electrons. The van der Waals surface area contributed by atoms with E-state index in [1.165, 1.54) is 12.8 Å². The fourth-order valence-electron chi connectivity index (χ4n) is 4.17. The number of carbonyl (C=O) groups excluding carboxylic acids is 3. The van der Waals surface area contributed by atoms with E-state index in [2.05, 4.69) is 15.5 Å². The Labute approximate surface area is 182 Å². The summed E-state index contributed by atoms with van der Waals surface area (Å²) in [4.78, 5) is 41.1. The van der Waals surface area contributed by atoms with Crippen LogP contribution in [0.2, 0.25) is 0 Å². The number of nitrogens with zero attached hydrogens (tertiary/aromatic N) is 2. The van der Waals surface area contributed by atoms with Gasteiger partial charge in [-0.25, -0.2) is 4.79 Å². The number of amides is 4. The van der Waals surface area contributed by atoms with Crippen molar-refractivity contribution in [3.05, 3.63) is 60.2 Å². The molecule has 2 heterocycles. The van der Waals surface area contributed by atoms with Crippen molar-refractivity contribution in [1.82, 2.24) is 10.2 Å². The highest BCUT2D eigenvalue weighted by molar-refractivity contribution is 6.09. The SMILES string of the molecule is C[C@]1(CCc2ccccc2)NC(=O)N(CC(=O)Nc2ccc(N3CCCC3)cc2)C1=O. The highest BCUT2D eigenvalue weighted by atomic mass is 16.2. The molecule has 0 bridgehead atoms. The molecule has 0 aromatic heterocycles. The summed E-state index contributed by atoms with van der Waals surface area (Å²) in [6.45, 7) is 3.52. The monoisotopic (exact) mass is 420 g/mol. The number of carbonyl (C=O) groups is 3. The molecule has 0 spiro atoms. The first kappa shape index (κ1) is 20.9. The Morgan fingerprint density at radius 1 is 1.03 bits per heavy atom. The molecule has 1 atom stereocenters. The zero-order valence-electron chi connectivity index (χ0n) is 17.8. The molecule has 0 unspecified atom stereocenters. The Bertz CT molecular complexity index is 955. The Balaban J connectivity index is 1.33. The molecule has 2 saturated heterocycles. The summed E-state index contributed by atoms with van der Waals surface area (Å²) in [6, 6.07) is 16.9. The fraction of sp³-hybridized carbons (Fsp3) is 0.375. The second kappa shape index (κ2) is 8.79. The van der Waals surface area contributed by atoms with Gasteiger partial charge in [-0.3, -0.25) is 14.5 Å². The van der Waals surface area contributed by atoms with Gasteiger partial charge < -0.3 is 15.5 Å². The predicted octanol–water partition coefficient (Wildman–Crippen LogP) is 3.17. The molecular formula is C24H28N4O3. The predicted molar refractivity (Wildman–Crippen MR) is 120 cm³/mol. The van der Waals surface area contributed by atoms with E-state index in [-0.39, 0.29) is 12.5 Å². The highest BCUT2D eigenvalue weighted by Gasteiger charge is 2.47. The maximum atomic E-state index is 12.9. The maximum Gasteiger partial charge on any atom is 0.325 e. The van der Waals surface area contributed by atoms with Gasteiger partial charge in [0.2, 0.25) is 5.91 Å². The van der Waals surface area contributed by atoms with Crippen LogP contribution in [-0.2, 0) is 16.0 Å². The van der Waals surface area contributed by atoms with Crippen LogP contribution in [0.25, 0.3) is 0 Å². The van der Waals surface area contributed by atoms with Gasteiger partial charge in [0, 0.05) is 24.5 Å². The van der Waals surface area contributed by atoms with Crippen molar-refractivity contribution >= 4 is 29.2 Å². The van der Waals surface area contributed by atoms with Crippen LogP contribution in [0.15, 0.2) is 54.6 Å². The van der Waals surface area contributed by atoms with Crippen molar-refractivity contribution in [1.29, 1.82) is 0 Å². The summed E-state index contributed by atoms with van der Waals surface area (Å²) in [5, 5.41) is 5.54. The standard InChI is InChI=1S/C24H28N4O3/c1-24(14-13-18-7-3-2-4-8-18)22(30)28(23(31)26-24)17-21(29)25-19-9-11-20(12-10-19)27-15-5-6-16-27/h2-4,7-12H,5-6,13-17H2,1H3,(H,25,29)(H,26,31)/t24-/m1/s1. The van der Waals surface area contributed by atoms with Crippen molar-refractivity contribution < 1.29 is 14.4 Å². The van der Waals surface area contributed by atoms with Gasteiger partial charge in [0.05, 0.1) is 0 Å². The van der Waals surface area contributed by atoms with Crippen molar-refractivity contribution in [3.63, 3.8) is 0 Å². The number of benzene rings is 2. The third-order valence-electron chi connectivity index (χ3n) is 6.03. The second-order valence-electron chi connectivity index (χ2n) is 8.43. The average Bonchev–Trinajstić information content (AvgIpc) is 3.38. The van der Waals surface area contributed by atoms with Crippen molar-refractivity contribution in [3.8, 4) is 0 Å². The Morgan fingerprint density at radius 2 is 1.71 bits per heavy atom. The summed E-state index contributed by atoms with van der Waals surface area (Å²) in [5.41, 5.74) is 1.87. The Hall–Kier alpha value is -3.35. The van der Waals surface area contributed by atoms with E-state index >= 15 is 0 Å². The lowest BCUT2D eigenvalue weighted by Gasteiger charge is -2.21. The molecule has 0 saturated carbocycles. The number of urea groups is 1. The third kappa shape index (κ3) is 4.71. The van der Waals surface area contributed by atoms with E-state index in [9.17, 15) is 14.4 Å². The molecule has 0 aliphatic carbocycles. The summed E-state index contributed by atoms with van der Waals surface area (Å²) in [6.07, 6.45) is 3.54. The number of nitrogens with one attached hydrogen (secondary N) is 2. The average molecular weight is 421 g/mol. The number of hydrogen-bond donors (Lipinski definition) is 2. The van der Waals surface area contributed by atoms with Gasteiger partial charge in [-0.15, -0.1) is 0 Å². The summed E-state index contributed by atoms with van der Waals surface area (Å²) < 4.78 is 0. The molecule has 2 N–H and O–H groups in total. The van der Waals surface area contributed by atoms with Gasteiger partial charge >= 0.3 is 6.03 Å². The number of rotatable bonds is 7. The minimum atomic E-state index is -1.01. The van der Waals surface area contributed by atoms with Crippen molar-refractivity contribution in [2.45, 2.75) is 38.1 Å². The molecule has 162 valence electrons. The third-order valence-corrected chi connectivity index (χ3v) is 6.03. The van der Waals surface area contributed by atoms with E-state index in [1.54, 1.807) is 6.92 Å². The zero-order valence-corrected chi connectivity index (χ0v) is 17.8. The molecule has 2 aromatic rings. The summed E-state index contributed by atoms with van der Waals surface area (Å²) >= 11 is 0. The van der Waals surface area contributed by atoms with Crippen molar-refractivity contribution in [2.75, 3.05) is 29.9 Å². The van der Waals surface area contributed by atoms with Crippen LogP contribution in [0.4, 0.5) is 16.2 Å². The van der Waals surface area contributed by atoms with Crippen LogP contribution in [0.5, 0.6) is 0 Å². The van der Waals surface area contributed by atoms with Gasteiger partial charge in [0.1, 0.15) is 12.1 Å². The lowest BCUT2D eigenvalue weighted by atomic mass is 9.93. The normalized spacial score (nSPS) is 20.8. The zero-order chi connectivity index (χ0) is 21.8. The Morgan fingerprint density at radius 3 is 2.39 bits per heavy atom. The number of anilines is 2. The molecule has 2 aromatic carbocycles. The van der Waals surface area contributed by atoms with E-state index in [0.717, 1.165) is 29.2 Å². The lowest BCUT2D eigenvalue weighted by molar-refractivity contribution is -0.133. The number of imide groups is 1. The van der Waals surface area contributed by atoms with E-state index in [4.69, 9.17) is 0 Å². The van der Waals surface area contributed by atoms with E-state index < -0.39 is 17.5 Å². The quantitative estimate of drug-likeness (QED) is 0.674. The van der Waals surface area contributed by atoms with Gasteiger partial charge in [-0.05, 0) is 62.4 Å². The molecule has 4 rings (SSSR count). The van der Waals surface area contributed by atoms with Gasteiger partial charge in [-0.2, -0.15) is 0 Å². The van der Waals surface area contributed by atoms with Crippen LogP contribution in [0.1, 0.15) is 31.7 Å². The number of hydrogen-bond acceptors (Lipinski definition) is 4. The fourth-order valence-corrected chi connectivity index (χ4v) is 4.17. The molecule has 2 fully saturated rings. The number of aryl methyl sites for hydroxylation is 1. The molecular weight excluding hydrogens is 392 g/mol. The molecule has 31 heavy (non-hydrogen) atoms. The maximum absolute atomic E-state index is 12.9. The largest absolute Gasteiger partial charge is 0.372 e. The molecule has 7 nitrogen and oxygen atoms in total. The van der Waals surface area contributed by atoms with Crippen LogP contribution in [0.3, 0.4) is 0 Å². The summed E-state index contributed by atoms with van der Waals surface area (Å²) in [5.74, 6) is -0.766. The molecule has 7 heteroatoms. The topological polar surface area (TPSA) is 81.8 Å². The van der Waals surface area contributed by atoms with Crippen LogP contribution < -0.4 is 15.5 Å². The first-order valence-electron chi connectivity index (χ1n) is 10.8. The molecule has 2 aliphatic heterocycles. The van der Waals surface area contributed by atoms with Crippen molar-refractivity contribution in [2.24, 2.45) is 0 Å². The first-order chi connectivity index (χ1) is 14.9. The van der Waals surface area contributed by atoms with Crippen LogP contribution in [-0.4, -0.2) is 47.9 Å². The minimum Gasteiger partial charge on any atom is -0.372 e. The lowest BCUT2D eigenvalue weighted by Crippen LogP contribution is -2.45. The summed E-state index contributed by atoms with van der Waals surface area (Å²) in [7, 11) is 0. The Kier molecular flexibility index (Phi) is 5.93. The second-order valence-corrected chi connectivity index (χ2v) is 8.43. The minimum absolute atomic E-state index is 0.306. The van der Waals surface area contributed by atoms with Crippen LogP contribution >= 0.6 is 0 Å². The molecule has 2 aliphatic rings. The highest BCUT2D eigenvalue weighted by Crippen LogP contribution is 2.24. The smallest absolute Gasteiger partial charge is 0.325 e. The first-order valence-corrected chi connectivity index (χ1v) is 10.8. The van der Waals surface area contributed by atoms with Crippen LogP contribution in [0, 0.1) is 0 Å². The molecule has 4 amide bonds.